The molecule has 4 heteroatoms. The summed E-state index contributed by atoms with van der Waals surface area (Å²) in [7, 11) is 0. The number of rotatable bonds is 5. The molecule has 0 spiro atoms. The molecule has 0 radical (unpaired) electrons. The molecule has 2 aromatic rings. The third kappa shape index (κ3) is 4.38. The highest BCUT2D eigenvalue weighted by Crippen LogP contribution is 2.17. The summed E-state index contributed by atoms with van der Waals surface area (Å²) in [5, 5.41) is 2.91. The van der Waals surface area contributed by atoms with Crippen molar-refractivity contribution < 1.29 is 9.53 Å². The van der Waals surface area contributed by atoms with Gasteiger partial charge in [0.25, 0.3) is 5.91 Å². The number of carbonyl (C=O) groups excluding carboxylic acids is 1. The van der Waals surface area contributed by atoms with E-state index in [-0.39, 0.29) is 18.6 Å². The maximum atomic E-state index is 11.8. The minimum absolute atomic E-state index is 0.00757. The molecule has 0 heterocycles. The molecule has 0 aliphatic rings. The van der Waals surface area contributed by atoms with Crippen LogP contribution in [0.5, 0.6) is 5.75 Å². The number of ether oxygens (including phenoxy) is 1. The van der Waals surface area contributed by atoms with Gasteiger partial charge in [0, 0.05) is 4.47 Å². The summed E-state index contributed by atoms with van der Waals surface area (Å²) in [4.78, 5) is 11.8. The van der Waals surface area contributed by atoms with E-state index in [2.05, 4.69) is 21.2 Å². The predicted octanol–water partition coefficient (Wildman–Crippen LogP) is 3.71. The fourth-order valence-electron chi connectivity index (χ4n) is 1.81. The van der Waals surface area contributed by atoms with E-state index < -0.39 is 0 Å². The lowest BCUT2D eigenvalue weighted by Gasteiger charge is -2.14. The first-order valence-corrected chi connectivity index (χ1v) is 7.17. The van der Waals surface area contributed by atoms with Gasteiger partial charge in [-0.1, -0.05) is 52.3 Å². The average Bonchev–Trinajstić information content (AvgIpc) is 2.46. The average molecular weight is 334 g/mol. The Morgan fingerprint density at radius 1 is 1.20 bits per heavy atom. The standard InChI is InChI=1S/C16H16BrNO2/c1-12(13-6-3-2-4-7-13)18-16(19)11-20-15-9-5-8-14(17)10-15/h2-10,12H,11H2,1H3,(H,18,19)/t12-/m0/s1. The van der Waals surface area contributed by atoms with Crippen molar-refractivity contribution in [2.45, 2.75) is 13.0 Å². The highest BCUT2D eigenvalue weighted by atomic mass is 79.9. The second-order valence-electron chi connectivity index (χ2n) is 4.45. The monoisotopic (exact) mass is 333 g/mol. The van der Waals surface area contributed by atoms with Gasteiger partial charge in [0.05, 0.1) is 6.04 Å². The molecule has 0 unspecified atom stereocenters. The summed E-state index contributed by atoms with van der Waals surface area (Å²) in [6.45, 7) is 1.96. The quantitative estimate of drug-likeness (QED) is 0.905. The smallest absolute Gasteiger partial charge is 0.258 e. The molecular weight excluding hydrogens is 318 g/mol. The number of nitrogens with one attached hydrogen (secondary N) is 1. The fraction of sp³-hybridized carbons (Fsp3) is 0.188. The highest BCUT2D eigenvalue weighted by Gasteiger charge is 2.09. The van der Waals surface area contributed by atoms with Crippen molar-refractivity contribution in [2.75, 3.05) is 6.61 Å². The Balaban J connectivity index is 1.84. The topological polar surface area (TPSA) is 38.3 Å². The zero-order valence-electron chi connectivity index (χ0n) is 11.2. The van der Waals surface area contributed by atoms with Crippen molar-refractivity contribution in [3.05, 3.63) is 64.6 Å². The van der Waals surface area contributed by atoms with Gasteiger partial charge >= 0.3 is 0 Å². The Bertz CT molecular complexity index is 572. The predicted molar refractivity (Wildman–Crippen MR) is 82.6 cm³/mol. The van der Waals surface area contributed by atoms with Gasteiger partial charge in [-0.15, -0.1) is 0 Å². The molecule has 0 fully saturated rings. The van der Waals surface area contributed by atoms with Crippen LogP contribution >= 0.6 is 15.9 Å². The highest BCUT2D eigenvalue weighted by molar-refractivity contribution is 9.10. The Kier molecular flexibility index (Phi) is 5.18. The van der Waals surface area contributed by atoms with Crippen LogP contribution in [0.2, 0.25) is 0 Å². The molecule has 2 aromatic carbocycles. The summed E-state index contributed by atoms with van der Waals surface area (Å²) in [6.07, 6.45) is 0. The molecule has 1 atom stereocenters. The van der Waals surface area contributed by atoms with Crippen molar-refractivity contribution in [3.8, 4) is 5.75 Å². The van der Waals surface area contributed by atoms with Crippen LogP contribution in [0.4, 0.5) is 0 Å². The zero-order chi connectivity index (χ0) is 14.4. The van der Waals surface area contributed by atoms with E-state index in [1.807, 2.05) is 61.5 Å². The largest absolute Gasteiger partial charge is 0.484 e. The Hall–Kier alpha value is -1.81. The van der Waals surface area contributed by atoms with E-state index in [1.165, 1.54) is 0 Å². The number of halogens is 1. The van der Waals surface area contributed by atoms with Crippen molar-refractivity contribution in [1.82, 2.24) is 5.32 Å². The molecule has 0 aliphatic carbocycles. The van der Waals surface area contributed by atoms with E-state index in [1.54, 1.807) is 0 Å². The molecule has 0 bridgehead atoms. The van der Waals surface area contributed by atoms with Gasteiger partial charge < -0.3 is 10.1 Å². The van der Waals surface area contributed by atoms with Gasteiger partial charge in [0.15, 0.2) is 6.61 Å². The number of hydrogen-bond donors (Lipinski definition) is 1. The molecule has 0 aromatic heterocycles. The van der Waals surface area contributed by atoms with Crippen LogP contribution in [0, 0.1) is 0 Å². The number of amides is 1. The maximum absolute atomic E-state index is 11.8. The number of benzene rings is 2. The molecule has 3 nitrogen and oxygen atoms in total. The molecule has 2 rings (SSSR count). The van der Waals surface area contributed by atoms with E-state index in [0.29, 0.717) is 5.75 Å². The summed E-state index contributed by atoms with van der Waals surface area (Å²) in [6, 6.07) is 17.2. The summed E-state index contributed by atoms with van der Waals surface area (Å²) >= 11 is 3.36. The van der Waals surface area contributed by atoms with E-state index in [4.69, 9.17) is 4.74 Å². The van der Waals surface area contributed by atoms with Crippen LogP contribution in [0.3, 0.4) is 0 Å². The molecule has 1 amide bonds. The molecule has 0 saturated heterocycles. The maximum Gasteiger partial charge on any atom is 0.258 e. The second-order valence-corrected chi connectivity index (χ2v) is 5.36. The van der Waals surface area contributed by atoms with Gasteiger partial charge in [-0.05, 0) is 30.7 Å². The van der Waals surface area contributed by atoms with Crippen molar-refractivity contribution in [1.29, 1.82) is 0 Å². The van der Waals surface area contributed by atoms with E-state index >= 15 is 0 Å². The van der Waals surface area contributed by atoms with Gasteiger partial charge in [-0.25, -0.2) is 0 Å². The lowest BCUT2D eigenvalue weighted by Crippen LogP contribution is -2.31. The van der Waals surface area contributed by atoms with Crippen LogP contribution in [0.25, 0.3) is 0 Å². The van der Waals surface area contributed by atoms with Crippen molar-refractivity contribution in [3.63, 3.8) is 0 Å². The third-order valence-corrected chi connectivity index (χ3v) is 3.34. The molecule has 0 aliphatic heterocycles. The number of hydrogen-bond acceptors (Lipinski definition) is 2. The Morgan fingerprint density at radius 3 is 2.65 bits per heavy atom. The lowest BCUT2D eigenvalue weighted by molar-refractivity contribution is -0.123. The molecule has 20 heavy (non-hydrogen) atoms. The van der Waals surface area contributed by atoms with E-state index in [0.717, 1.165) is 10.0 Å². The normalized spacial score (nSPS) is 11.7. The van der Waals surface area contributed by atoms with E-state index in [9.17, 15) is 4.79 Å². The number of carbonyl (C=O) groups is 1. The Labute approximate surface area is 127 Å². The summed E-state index contributed by atoms with van der Waals surface area (Å²) < 4.78 is 6.37. The molecule has 1 N–H and O–H groups in total. The van der Waals surface area contributed by atoms with Crippen LogP contribution in [-0.2, 0) is 4.79 Å². The Morgan fingerprint density at radius 2 is 1.95 bits per heavy atom. The SMILES string of the molecule is C[C@H](NC(=O)COc1cccc(Br)c1)c1ccccc1. The van der Waals surface area contributed by atoms with Crippen molar-refractivity contribution in [2.24, 2.45) is 0 Å². The second kappa shape index (κ2) is 7.10. The lowest BCUT2D eigenvalue weighted by atomic mass is 10.1. The molecular formula is C16H16BrNO2. The van der Waals surface area contributed by atoms with Gasteiger partial charge in [0.2, 0.25) is 0 Å². The zero-order valence-corrected chi connectivity index (χ0v) is 12.8. The van der Waals surface area contributed by atoms with Crippen LogP contribution < -0.4 is 10.1 Å². The molecule has 104 valence electrons. The van der Waals surface area contributed by atoms with Gasteiger partial charge in [0.1, 0.15) is 5.75 Å². The van der Waals surface area contributed by atoms with Crippen LogP contribution in [0.15, 0.2) is 59.1 Å². The third-order valence-electron chi connectivity index (χ3n) is 2.84. The minimum Gasteiger partial charge on any atom is -0.484 e. The van der Waals surface area contributed by atoms with Crippen molar-refractivity contribution >= 4 is 21.8 Å². The van der Waals surface area contributed by atoms with Crippen LogP contribution in [-0.4, -0.2) is 12.5 Å². The first-order chi connectivity index (χ1) is 9.65. The van der Waals surface area contributed by atoms with Gasteiger partial charge in [-0.3, -0.25) is 4.79 Å². The summed E-state index contributed by atoms with van der Waals surface area (Å²) in [5.74, 6) is 0.531. The van der Waals surface area contributed by atoms with Gasteiger partial charge in [-0.2, -0.15) is 0 Å². The first kappa shape index (κ1) is 14.6. The minimum atomic E-state index is -0.138. The fourth-order valence-corrected chi connectivity index (χ4v) is 2.19. The van der Waals surface area contributed by atoms with Crippen LogP contribution in [0.1, 0.15) is 18.5 Å². The molecule has 0 saturated carbocycles. The summed E-state index contributed by atoms with van der Waals surface area (Å²) in [5.41, 5.74) is 1.07. The first-order valence-electron chi connectivity index (χ1n) is 6.38.